The molecule has 3 rings (SSSR count). The van der Waals surface area contributed by atoms with E-state index in [1.807, 2.05) is 24.3 Å². The van der Waals surface area contributed by atoms with Crippen molar-refractivity contribution in [1.82, 2.24) is 19.6 Å². The SMILES string of the molecule is Cc1cc2nnc(SCc3ccc(F)c(Br)c3)n2c(C)n1. The predicted octanol–water partition coefficient (Wildman–Crippen LogP) is 3.94. The molecule has 7 heteroatoms. The molecule has 3 aromatic rings. The highest BCUT2D eigenvalue weighted by Gasteiger charge is 2.10. The van der Waals surface area contributed by atoms with Gasteiger partial charge in [0, 0.05) is 17.5 Å². The van der Waals surface area contributed by atoms with Crippen molar-refractivity contribution in [3.05, 3.63) is 51.6 Å². The third kappa shape index (κ3) is 2.94. The van der Waals surface area contributed by atoms with Gasteiger partial charge in [-0.15, -0.1) is 10.2 Å². The van der Waals surface area contributed by atoms with Crippen molar-refractivity contribution < 1.29 is 4.39 Å². The van der Waals surface area contributed by atoms with Crippen LogP contribution in [0.1, 0.15) is 17.1 Å². The summed E-state index contributed by atoms with van der Waals surface area (Å²) in [6.07, 6.45) is 0. The summed E-state index contributed by atoms with van der Waals surface area (Å²) < 4.78 is 15.6. The topological polar surface area (TPSA) is 43.1 Å². The average molecular weight is 367 g/mol. The summed E-state index contributed by atoms with van der Waals surface area (Å²) in [5, 5.41) is 9.16. The Morgan fingerprint density at radius 3 is 2.81 bits per heavy atom. The predicted molar refractivity (Wildman–Crippen MR) is 83.9 cm³/mol. The second-order valence-electron chi connectivity index (χ2n) is 4.66. The highest BCUT2D eigenvalue weighted by molar-refractivity contribution is 9.10. The van der Waals surface area contributed by atoms with E-state index < -0.39 is 0 Å². The lowest BCUT2D eigenvalue weighted by atomic mass is 10.2. The molecule has 0 saturated carbocycles. The zero-order valence-electron chi connectivity index (χ0n) is 11.5. The molecule has 0 atom stereocenters. The zero-order chi connectivity index (χ0) is 15.0. The Hall–Kier alpha value is -1.47. The van der Waals surface area contributed by atoms with E-state index >= 15 is 0 Å². The van der Waals surface area contributed by atoms with Crippen molar-refractivity contribution in [2.24, 2.45) is 0 Å². The van der Waals surface area contributed by atoms with E-state index in [9.17, 15) is 4.39 Å². The van der Waals surface area contributed by atoms with E-state index in [1.54, 1.807) is 23.9 Å². The van der Waals surface area contributed by atoms with Crippen LogP contribution in [0.3, 0.4) is 0 Å². The summed E-state index contributed by atoms with van der Waals surface area (Å²) in [6.45, 7) is 3.87. The van der Waals surface area contributed by atoms with E-state index in [1.165, 1.54) is 6.07 Å². The number of fused-ring (bicyclic) bond motifs is 1. The minimum Gasteiger partial charge on any atom is -0.258 e. The van der Waals surface area contributed by atoms with Gasteiger partial charge < -0.3 is 0 Å². The van der Waals surface area contributed by atoms with E-state index in [2.05, 4.69) is 31.1 Å². The molecule has 0 aliphatic heterocycles. The van der Waals surface area contributed by atoms with Gasteiger partial charge in [0.05, 0.1) is 4.47 Å². The monoisotopic (exact) mass is 366 g/mol. The van der Waals surface area contributed by atoms with Crippen molar-refractivity contribution in [3.63, 3.8) is 0 Å². The van der Waals surface area contributed by atoms with Crippen molar-refractivity contribution in [1.29, 1.82) is 0 Å². The van der Waals surface area contributed by atoms with Crippen LogP contribution >= 0.6 is 27.7 Å². The molecule has 21 heavy (non-hydrogen) atoms. The smallest absolute Gasteiger partial charge is 0.197 e. The van der Waals surface area contributed by atoms with Crippen molar-refractivity contribution in [3.8, 4) is 0 Å². The fraction of sp³-hybridized carbons (Fsp3) is 0.214. The largest absolute Gasteiger partial charge is 0.258 e. The van der Waals surface area contributed by atoms with Crippen LogP contribution in [0.4, 0.5) is 4.39 Å². The maximum atomic E-state index is 13.2. The Kier molecular flexibility index (Phi) is 3.95. The number of aryl methyl sites for hydroxylation is 2. The summed E-state index contributed by atoms with van der Waals surface area (Å²) in [5.74, 6) is 1.29. The van der Waals surface area contributed by atoms with E-state index in [0.717, 1.165) is 27.9 Å². The normalized spacial score (nSPS) is 11.2. The molecule has 0 amide bonds. The van der Waals surface area contributed by atoms with E-state index in [0.29, 0.717) is 10.2 Å². The van der Waals surface area contributed by atoms with Gasteiger partial charge >= 0.3 is 0 Å². The molecule has 1 aromatic carbocycles. The molecule has 0 saturated heterocycles. The Morgan fingerprint density at radius 2 is 2.05 bits per heavy atom. The van der Waals surface area contributed by atoms with E-state index in [4.69, 9.17) is 0 Å². The van der Waals surface area contributed by atoms with Crippen LogP contribution in [-0.4, -0.2) is 19.6 Å². The third-order valence-corrected chi connectivity index (χ3v) is 4.62. The lowest BCUT2D eigenvalue weighted by Gasteiger charge is -2.05. The summed E-state index contributed by atoms with van der Waals surface area (Å²) in [6, 6.07) is 6.91. The Labute approximate surface area is 133 Å². The fourth-order valence-electron chi connectivity index (χ4n) is 2.07. The first-order valence-corrected chi connectivity index (χ1v) is 8.08. The summed E-state index contributed by atoms with van der Waals surface area (Å²) >= 11 is 4.75. The quantitative estimate of drug-likeness (QED) is 0.658. The van der Waals surface area contributed by atoms with Crippen LogP contribution < -0.4 is 0 Å². The maximum Gasteiger partial charge on any atom is 0.197 e. The van der Waals surface area contributed by atoms with Gasteiger partial charge in [-0.1, -0.05) is 17.8 Å². The minimum absolute atomic E-state index is 0.257. The molecule has 0 unspecified atom stereocenters. The number of rotatable bonds is 3. The molecular weight excluding hydrogens is 355 g/mol. The number of benzene rings is 1. The maximum absolute atomic E-state index is 13.2. The number of hydrogen-bond donors (Lipinski definition) is 0. The molecule has 0 N–H and O–H groups in total. The molecule has 0 aliphatic carbocycles. The van der Waals surface area contributed by atoms with Gasteiger partial charge in [0.25, 0.3) is 0 Å². The van der Waals surface area contributed by atoms with Crippen LogP contribution in [-0.2, 0) is 5.75 Å². The molecule has 0 aliphatic rings. The number of thioether (sulfide) groups is 1. The number of halogens is 2. The van der Waals surface area contributed by atoms with Crippen molar-refractivity contribution in [2.75, 3.05) is 0 Å². The van der Waals surface area contributed by atoms with Crippen LogP contribution in [0.5, 0.6) is 0 Å². The number of nitrogens with zero attached hydrogens (tertiary/aromatic N) is 4. The molecular formula is C14H12BrFN4S. The van der Waals surface area contributed by atoms with Crippen LogP contribution in [0.15, 0.2) is 33.9 Å². The first-order valence-electron chi connectivity index (χ1n) is 6.30. The van der Waals surface area contributed by atoms with Gasteiger partial charge in [-0.3, -0.25) is 4.40 Å². The summed E-state index contributed by atoms with van der Waals surface area (Å²) in [7, 11) is 0. The van der Waals surface area contributed by atoms with Gasteiger partial charge in [0.1, 0.15) is 11.6 Å². The van der Waals surface area contributed by atoms with Crippen LogP contribution in [0.2, 0.25) is 0 Å². The lowest BCUT2D eigenvalue weighted by Crippen LogP contribution is -1.98. The molecule has 4 nitrogen and oxygen atoms in total. The van der Waals surface area contributed by atoms with Crippen LogP contribution in [0.25, 0.3) is 5.65 Å². The number of hydrogen-bond acceptors (Lipinski definition) is 4. The molecule has 0 spiro atoms. The Bertz CT molecular complexity index is 818. The van der Waals surface area contributed by atoms with Gasteiger partial charge in [-0.05, 0) is 47.5 Å². The van der Waals surface area contributed by atoms with Gasteiger partial charge in [0.2, 0.25) is 0 Å². The van der Waals surface area contributed by atoms with Crippen LogP contribution in [0, 0.1) is 19.7 Å². The number of aromatic nitrogens is 4. The van der Waals surface area contributed by atoms with Crippen molar-refractivity contribution >= 4 is 33.3 Å². The summed E-state index contributed by atoms with van der Waals surface area (Å²) in [4.78, 5) is 4.43. The molecule has 0 radical (unpaired) electrons. The Morgan fingerprint density at radius 1 is 1.24 bits per heavy atom. The third-order valence-electron chi connectivity index (χ3n) is 3.01. The minimum atomic E-state index is -0.257. The zero-order valence-corrected chi connectivity index (χ0v) is 13.9. The van der Waals surface area contributed by atoms with Gasteiger partial charge in [-0.25, -0.2) is 9.37 Å². The molecule has 2 aromatic heterocycles. The highest BCUT2D eigenvalue weighted by Crippen LogP contribution is 2.25. The van der Waals surface area contributed by atoms with Gasteiger partial charge in [-0.2, -0.15) is 0 Å². The van der Waals surface area contributed by atoms with E-state index in [-0.39, 0.29) is 5.82 Å². The standard InChI is InChI=1S/C14H12BrFN4S/c1-8-5-13-18-19-14(20(13)9(2)17-8)21-7-10-3-4-12(16)11(15)6-10/h3-6H,7H2,1-2H3. The lowest BCUT2D eigenvalue weighted by molar-refractivity contribution is 0.620. The molecule has 108 valence electrons. The molecule has 0 bridgehead atoms. The summed E-state index contributed by atoms with van der Waals surface area (Å²) in [5.41, 5.74) is 2.73. The fourth-order valence-corrected chi connectivity index (χ4v) is 3.43. The first-order chi connectivity index (χ1) is 10.0. The van der Waals surface area contributed by atoms with Crippen molar-refractivity contribution in [2.45, 2.75) is 24.8 Å². The average Bonchev–Trinajstić information content (AvgIpc) is 2.83. The highest BCUT2D eigenvalue weighted by atomic mass is 79.9. The Balaban J connectivity index is 1.87. The van der Waals surface area contributed by atoms with Gasteiger partial charge in [0.15, 0.2) is 10.8 Å². The molecule has 2 heterocycles. The first kappa shape index (κ1) is 14.5. The molecule has 0 fully saturated rings. The second kappa shape index (κ2) is 5.73. The second-order valence-corrected chi connectivity index (χ2v) is 6.45.